The van der Waals surface area contributed by atoms with Crippen LogP contribution in [0.1, 0.15) is 66.4 Å². The molecule has 0 aliphatic carbocycles. The van der Waals surface area contributed by atoms with Crippen molar-refractivity contribution in [3.8, 4) is 56.7 Å². The number of amides is 2. The van der Waals surface area contributed by atoms with Gasteiger partial charge in [0.25, 0.3) is 22.2 Å². The lowest BCUT2D eigenvalue weighted by molar-refractivity contribution is -0.119. The molecule has 4 aromatic carbocycles. The van der Waals surface area contributed by atoms with E-state index in [1.165, 1.54) is 57.7 Å². The first kappa shape index (κ1) is 53.2. The molecule has 0 saturated carbocycles. The van der Waals surface area contributed by atoms with Gasteiger partial charge >= 0.3 is 0 Å². The van der Waals surface area contributed by atoms with Gasteiger partial charge in [-0.2, -0.15) is 0 Å². The molecule has 10 rings (SSSR count). The first-order valence-corrected chi connectivity index (χ1v) is 27.3. The Bertz CT molecular complexity index is 3490. The second-order valence-corrected chi connectivity index (χ2v) is 20.3. The Balaban J connectivity index is 0.000000186. The normalized spacial score (nSPS) is 12.3. The summed E-state index contributed by atoms with van der Waals surface area (Å²) < 4.78 is 66.3. The second kappa shape index (κ2) is 24.8. The Kier molecular flexibility index (Phi) is 17.4. The Morgan fingerprint density at radius 2 is 1.34 bits per heavy atom. The molecule has 8 aromatic rings. The van der Waals surface area contributed by atoms with Crippen molar-refractivity contribution in [1.29, 1.82) is 0 Å². The molecule has 4 aromatic heterocycles. The van der Waals surface area contributed by atoms with Gasteiger partial charge in [0, 0.05) is 39.7 Å². The molecule has 2 amide bonds. The maximum absolute atomic E-state index is 12.9. The average Bonchev–Trinajstić information content (AvgIpc) is 4.32. The molecule has 394 valence electrons. The molecule has 0 saturated heterocycles. The zero-order valence-electron chi connectivity index (χ0n) is 41.9. The van der Waals surface area contributed by atoms with Gasteiger partial charge in [0.05, 0.1) is 56.0 Å². The number of methoxy groups -OCH3 is 2. The van der Waals surface area contributed by atoms with Gasteiger partial charge in [-0.15, -0.1) is 0 Å². The van der Waals surface area contributed by atoms with E-state index in [1.807, 2.05) is 24.3 Å². The van der Waals surface area contributed by atoms with E-state index in [9.17, 15) is 14.0 Å². The van der Waals surface area contributed by atoms with Crippen molar-refractivity contribution in [3.63, 3.8) is 0 Å². The summed E-state index contributed by atoms with van der Waals surface area (Å²) in [7, 11) is 3.30. The predicted octanol–water partition coefficient (Wildman–Crippen LogP) is 11.9. The number of nitrogens with zero attached hydrogens (tertiary/aromatic N) is 4. The van der Waals surface area contributed by atoms with Crippen molar-refractivity contribution in [3.05, 3.63) is 105 Å². The van der Waals surface area contributed by atoms with Crippen LogP contribution in [0.2, 0.25) is 0 Å². The van der Waals surface area contributed by atoms with Crippen molar-refractivity contribution in [2.45, 2.75) is 82.2 Å². The number of benzene rings is 4. The van der Waals surface area contributed by atoms with E-state index in [0.29, 0.717) is 81.6 Å². The van der Waals surface area contributed by atoms with Gasteiger partial charge in [0.1, 0.15) is 45.3 Å². The Hall–Kier alpha value is -7.65. The molecule has 0 unspecified atom stereocenters. The van der Waals surface area contributed by atoms with Gasteiger partial charge < -0.3 is 57.5 Å². The van der Waals surface area contributed by atoms with Crippen LogP contribution in [-0.2, 0) is 48.4 Å². The predicted molar refractivity (Wildman–Crippen MR) is 291 cm³/mol. The number of carbonyl (C=O) groups is 2. The summed E-state index contributed by atoms with van der Waals surface area (Å²) in [5.41, 5.74) is 5.83. The number of thiazole rings is 2. The van der Waals surface area contributed by atoms with E-state index in [4.69, 9.17) is 37.5 Å². The van der Waals surface area contributed by atoms with Crippen molar-refractivity contribution in [2.24, 2.45) is 0 Å². The summed E-state index contributed by atoms with van der Waals surface area (Å²) in [5, 5.41) is 17.7. The molecule has 18 nitrogen and oxygen atoms in total. The van der Waals surface area contributed by atoms with E-state index >= 15 is 0 Å². The lowest BCUT2D eigenvalue weighted by atomic mass is 10.0. The molecule has 76 heavy (non-hydrogen) atoms. The van der Waals surface area contributed by atoms with Crippen LogP contribution in [0.3, 0.4) is 0 Å². The number of nitrogens with one attached hydrogen (secondary N) is 4. The third kappa shape index (κ3) is 12.4. The van der Waals surface area contributed by atoms with Gasteiger partial charge in [-0.25, -0.2) is 14.4 Å². The summed E-state index contributed by atoms with van der Waals surface area (Å²) in [6, 6.07) is 15.8. The van der Waals surface area contributed by atoms with E-state index in [2.05, 4.69) is 90.8 Å². The molecule has 0 fully saturated rings. The smallest absolute Gasteiger partial charge is 0.296 e. The van der Waals surface area contributed by atoms with Crippen LogP contribution in [-0.4, -0.2) is 59.5 Å². The number of aryl methyl sites for hydroxylation is 2. The minimum absolute atomic E-state index is 0.0582. The fraction of sp³-hybridized carbons (Fsp3) is 0.283. The zero-order valence-corrected chi connectivity index (χ0v) is 45.2. The summed E-state index contributed by atoms with van der Waals surface area (Å²) in [4.78, 5) is 34.5. The topological polar surface area (TPSA) is 215 Å². The number of hydrogen-bond donors (Lipinski definition) is 4. The highest BCUT2D eigenvalue weighted by Gasteiger charge is 2.28. The van der Waals surface area contributed by atoms with Gasteiger partial charge in [-0.05, 0) is 111 Å². The molecule has 6 heterocycles. The summed E-state index contributed by atoms with van der Waals surface area (Å²) >= 11 is 5.42. The number of rotatable bonds is 19. The Morgan fingerprint density at radius 1 is 0.776 bits per heavy atom. The SMILES string of the molecule is C=C(F)C(=O)NCc1csc(Oc2cc3onc(NSc4cc(CC)ccc4OC)c3c3c2CCCO3)n1.CC#CC(=O)NCc1cnc(Oc2cc3onc(NSc4cc(CC)ccc4OC)c3c3c2CCCO3)s1. The van der Waals surface area contributed by atoms with E-state index < -0.39 is 11.7 Å². The monoisotopic (exact) mass is 1110 g/mol. The number of carbonyl (C=O) groups excluding carboxylic acids is 2. The van der Waals surface area contributed by atoms with E-state index in [-0.39, 0.29) is 12.5 Å². The van der Waals surface area contributed by atoms with Crippen LogP contribution in [0, 0.1) is 11.8 Å². The first-order chi connectivity index (χ1) is 37.0. The zero-order chi connectivity index (χ0) is 53.1. The van der Waals surface area contributed by atoms with Gasteiger partial charge in [0.2, 0.25) is 0 Å². The molecule has 0 spiro atoms. The summed E-state index contributed by atoms with van der Waals surface area (Å²) in [5.74, 6) is 7.96. The highest BCUT2D eigenvalue weighted by atomic mass is 32.2. The van der Waals surface area contributed by atoms with Crippen molar-refractivity contribution < 1.29 is 51.4 Å². The molecular formula is C53H51FN8O10S4. The van der Waals surface area contributed by atoms with Crippen LogP contribution in [0.25, 0.3) is 21.9 Å². The lowest BCUT2D eigenvalue weighted by Crippen LogP contribution is -2.22. The average molecular weight is 1110 g/mol. The molecule has 0 bridgehead atoms. The Labute approximate surface area is 453 Å². The molecule has 23 heteroatoms. The van der Waals surface area contributed by atoms with Gasteiger partial charge in [0.15, 0.2) is 28.6 Å². The number of fused-ring (bicyclic) bond motifs is 6. The molecule has 4 N–H and O–H groups in total. The number of anilines is 2. The maximum Gasteiger partial charge on any atom is 0.296 e. The molecule has 0 atom stereocenters. The number of ether oxygens (including phenoxy) is 6. The number of hydrogen-bond acceptors (Lipinski definition) is 20. The lowest BCUT2D eigenvalue weighted by Gasteiger charge is -2.20. The van der Waals surface area contributed by atoms with Gasteiger partial charge in [-0.1, -0.05) is 71.5 Å². The first-order valence-electron chi connectivity index (χ1n) is 24.0. The largest absolute Gasteiger partial charge is 0.496 e. The van der Waals surface area contributed by atoms with Crippen LogP contribution in [0.5, 0.6) is 44.9 Å². The highest BCUT2D eigenvalue weighted by Crippen LogP contribution is 2.48. The Morgan fingerprint density at radius 3 is 1.87 bits per heavy atom. The second-order valence-electron chi connectivity index (χ2n) is 16.7. The van der Waals surface area contributed by atoms with E-state index in [1.54, 1.807) is 38.8 Å². The summed E-state index contributed by atoms with van der Waals surface area (Å²) in [6.45, 7) is 10.4. The van der Waals surface area contributed by atoms with Crippen molar-refractivity contribution in [2.75, 3.05) is 36.9 Å². The standard InChI is InChI=1S/C27H26N4O5S2.C26H25FN4O5S2/c1-4-7-23(32)28-14-17-15-29-27(37-17)35-20-13-21-24(25-18(20)8-6-11-34-25)26(30-36-21)31-38-22-12-16(5-2)9-10-19(22)33-3;1-4-15-7-8-18(33-3)21(10-15)38-31-24-22-20(36-30-24)11-19(17-6-5-9-34-23(17)22)35-26-29-16(13-37-26)12-28-25(32)14(2)27/h9-10,12-13,15H,5-6,8,11,14H2,1-3H3,(H,28,32)(H,30,31);7-8,10-11,13H,2,4-6,9,12H2,1,3H3,(H,28,32)(H,30,31). The minimum Gasteiger partial charge on any atom is -0.496 e. The molecular weight excluding hydrogens is 1060 g/mol. The summed E-state index contributed by atoms with van der Waals surface area (Å²) in [6.07, 6.45) is 6.75. The van der Waals surface area contributed by atoms with Crippen LogP contribution in [0.15, 0.2) is 91.4 Å². The fourth-order valence-corrected chi connectivity index (χ4v) is 11.0. The minimum atomic E-state index is -1.05. The fourth-order valence-electron chi connectivity index (χ4n) is 8.00. The van der Waals surface area contributed by atoms with Gasteiger partial charge in [-0.3, -0.25) is 9.59 Å². The molecule has 0 radical (unpaired) electrons. The number of aromatic nitrogens is 4. The van der Waals surface area contributed by atoms with Crippen molar-refractivity contribution in [1.82, 2.24) is 30.9 Å². The quantitative estimate of drug-likeness (QED) is 0.0336. The van der Waals surface area contributed by atoms with E-state index in [0.717, 1.165) is 86.6 Å². The van der Waals surface area contributed by atoms with Crippen LogP contribution < -0.4 is 48.5 Å². The maximum atomic E-state index is 12.9. The molecule has 2 aliphatic heterocycles. The highest BCUT2D eigenvalue weighted by molar-refractivity contribution is 8.01. The van der Waals surface area contributed by atoms with Crippen LogP contribution in [0.4, 0.5) is 16.0 Å². The number of halogens is 1. The molecule has 2 aliphatic rings. The van der Waals surface area contributed by atoms with Crippen LogP contribution >= 0.6 is 46.6 Å². The van der Waals surface area contributed by atoms with Crippen molar-refractivity contribution >= 4 is 92.0 Å². The third-order valence-corrected chi connectivity index (χ3v) is 15.1. The third-order valence-electron chi connectivity index (χ3n) is 11.8.